The lowest BCUT2D eigenvalue weighted by atomic mass is 9.97. The fourth-order valence-corrected chi connectivity index (χ4v) is 3.63. The summed E-state index contributed by atoms with van der Waals surface area (Å²) in [6.45, 7) is 0. The molecule has 8 heteroatoms. The van der Waals surface area contributed by atoms with Gasteiger partial charge >= 0.3 is 6.36 Å². The summed E-state index contributed by atoms with van der Waals surface area (Å²) in [7, 11) is -4.09. The summed E-state index contributed by atoms with van der Waals surface area (Å²) >= 11 is 0. The van der Waals surface area contributed by atoms with Crippen LogP contribution in [0.5, 0.6) is 11.5 Å². The van der Waals surface area contributed by atoms with Crippen molar-refractivity contribution >= 4 is 9.84 Å². The van der Waals surface area contributed by atoms with Crippen LogP contribution in [0, 0.1) is 0 Å². The minimum Gasteiger partial charge on any atom is -0.507 e. The summed E-state index contributed by atoms with van der Waals surface area (Å²) in [4.78, 5) is -0.621. The molecule has 0 fully saturated rings. The van der Waals surface area contributed by atoms with E-state index in [1.807, 2.05) is 0 Å². The zero-order chi connectivity index (χ0) is 20.5. The molecule has 0 saturated carbocycles. The first-order valence-corrected chi connectivity index (χ1v) is 9.93. The largest absolute Gasteiger partial charge is 0.573 e. The molecule has 3 aromatic carbocycles. The molecule has 0 saturated heterocycles. The van der Waals surface area contributed by atoms with Crippen LogP contribution < -0.4 is 4.74 Å². The van der Waals surface area contributed by atoms with Crippen molar-refractivity contribution in [2.75, 3.05) is 6.26 Å². The number of sulfone groups is 1. The number of alkyl halides is 3. The van der Waals surface area contributed by atoms with Crippen LogP contribution in [-0.4, -0.2) is 26.1 Å². The molecule has 146 valence electrons. The quantitative estimate of drug-likeness (QED) is 0.658. The number of phenols is 1. The van der Waals surface area contributed by atoms with Gasteiger partial charge in [0.05, 0.1) is 0 Å². The van der Waals surface area contributed by atoms with E-state index in [-0.39, 0.29) is 16.9 Å². The van der Waals surface area contributed by atoms with Crippen LogP contribution in [0.4, 0.5) is 13.2 Å². The molecule has 3 aromatic rings. The Morgan fingerprint density at radius 1 is 0.857 bits per heavy atom. The molecular weight excluding hydrogens is 393 g/mol. The Morgan fingerprint density at radius 2 is 1.46 bits per heavy atom. The summed E-state index contributed by atoms with van der Waals surface area (Å²) in [5.74, 6) is -1.18. The van der Waals surface area contributed by atoms with Crippen molar-refractivity contribution in [2.24, 2.45) is 0 Å². The number of para-hydroxylation sites is 1. The van der Waals surface area contributed by atoms with E-state index < -0.39 is 26.8 Å². The highest BCUT2D eigenvalue weighted by molar-refractivity contribution is 7.90. The molecule has 0 amide bonds. The Bertz CT molecular complexity index is 1110. The molecule has 0 bridgehead atoms. The van der Waals surface area contributed by atoms with E-state index in [9.17, 15) is 26.7 Å². The topological polar surface area (TPSA) is 63.6 Å². The average molecular weight is 408 g/mol. The Morgan fingerprint density at radius 3 is 2.04 bits per heavy atom. The second-order valence-corrected chi connectivity index (χ2v) is 8.04. The molecule has 0 radical (unpaired) electrons. The van der Waals surface area contributed by atoms with Crippen LogP contribution in [0.15, 0.2) is 71.6 Å². The molecule has 0 heterocycles. The van der Waals surface area contributed by atoms with Crippen molar-refractivity contribution in [3.05, 3.63) is 66.7 Å². The molecule has 0 atom stereocenters. The average Bonchev–Trinajstić information content (AvgIpc) is 2.61. The molecule has 28 heavy (non-hydrogen) atoms. The molecular formula is C20H15F3O4S. The van der Waals surface area contributed by atoms with E-state index in [0.29, 0.717) is 11.1 Å². The van der Waals surface area contributed by atoms with Crippen LogP contribution in [0.2, 0.25) is 0 Å². The standard InChI is InChI=1S/C20H15F3O4S/c1-28(25,26)18-12-14(13-7-3-2-4-8-13)11-16(19(18)27-20(21,22)23)15-9-5-6-10-17(15)24/h2-12,24H,1H3. The first-order chi connectivity index (χ1) is 13.1. The van der Waals surface area contributed by atoms with Gasteiger partial charge in [-0.2, -0.15) is 0 Å². The van der Waals surface area contributed by atoms with E-state index in [4.69, 9.17) is 0 Å². The molecule has 0 unspecified atom stereocenters. The summed E-state index contributed by atoms with van der Waals surface area (Å²) in [6.07, 6.45) is -4.32. The summed E-state index contributed by atoms with van der Waals surface area (Å²) in [5.41, 5.74) is 0.804. The van der Waals surface area contributed by atoms with E-state index in [1.165, 1.54) is 30.3 Å². The van der Waals surface area contributed by atoms with Gasteiger partial charge in [0.15, 0.2) is 15.6 Å². The number of benzene rings is 3. The highest BCUT2D eigenvalue weighted by atomic mass is 32.2. The Labute approximate surface area is 159 Å². The zero-order valence-corrected chi connectivity index (χ0v) is 15.4. The van der Waals surface area contributed by atoms with Gasteiger partial charge in [0.1, 0.15) is 10.6 Å². The third-order valence-electron chi connectivity index (χ3n) is 3.97. The maximum absolute atomic E-state index is 13.0. The number of phenolic OH excluding ortho intramolecular Hbond substituents is 1. The molecule has 0 aliphatic carbocycles. The maximum atomic E-state index is 13.0. The zero-order valence-electron chi connectivity index (χ0n) is 14.6. The number of ether oxygens (including phenoxy) is 1. The predicted octanol–water partition coefficient (Wildman–Crippen LogP) is 5.03. The van der Waals surface area contributed by atoms with Gasteiger partial charge in [-0.3, -0.25) is 0 Å². The van der Waals surface area contributed by atoms with Crippen molar-refractivity contribution < 1.29 is 31.4 Å². The molecule has 0 spiro atoms. The first-order valence-electron chi connectivity index (χ1n) is 8.04. The van der Waals surface area contributed by atoms with Gasteiger partial charge in [0.25, 0.3) is 0 Å². The number of hydrogen-bond acceptors (Lipinski definition) is 4. The van der Waals surface area contributed by atoms with Gasteiger partial charge in [-0.25, -0.2) is 8.42 Å². The van der Waals surface area contributed by atoms with Crippen LogP contribution in [-0.2, 0) is 9.84 Å². The Kier molecular flexibility index (Phi) is 5.08. The maximum Gasteiger partial charge on any atom is 0.573 e. The lowest BCUT2D eigenvalue weighted by Gasteiger charge is -2.19. The molecule has 3 rings (SSSR count). The SMILES string of the molecule is CS(=O)(=O)c1cc(-c2ccccc2)cc(-c2ccccc2O)c1OC(F)(F)F. The summed E-state index contributed by atoms with van der Waals surface area (Å²) < 4.78 is 67.8. The third kappa shape index (κ3) is 4.28. The smallest absolute Gasteiger partial charge is 0.507 e. The predicted molar refractivity (Wildman–Crippen MR) is 98.8 cm³/mol. The minimum absolute atomic E-state index is 0.0180. The number of aromatic hydroxyl groups is 1. The van der Waals surface area contributed by atoms with Crippen molar-refractivity contribution in [2.45, 2.75) is 11.3 Å². The monoisotopic (exact) mass is 408 g/mol. The summed E-state index contributed by atoms with van der Waals surface area (Å²) in [6, 6.07) is 16.8. The molecule has 0 aromatic heterocycles. The second kappa shape index (κ2) is 7.20. The number of rotatable bonds is 4. The van der Waals surface area contributed by atoms with Gasteiger partial charge < -0.3 is 9.84 Å². The fraction of sp³-hybridized carbons (Fsp3) is 0.100. The lowest BCUT2D eigenvalue weighted by Crippen LogP contribution is -2.19. The molecule has 0 aliphatic rings. The van der Waals surface area contributed by atoms with E-state index in [0.717, 1.165) is 12.3 Å². The van der Waals surface area contributed by atoms with Crippen molar-refractivity contribution in [3.8, 4) is 33.8 Å². The summed E-state index contributed by atoms with van der Waals surface area (Å²) in [5, 5.41) is 10.2. The normalized spacial score (nSPS) is 12.0. The van der Waals surface area contributed by atoms with Gasteiger partial charge in [0, 0.05) is 17.4 Å². The molecule has 1 N–H and O–H groups in total. The van der Waals surface area contributed by atoms with Crippen LogP contribution in [0.1, 0.15) is 0 Å². The van der Waals surface area contributed by atoms with E-state index in [1.54, 1.807) is 30.3 Å². The van der Waals surface area contributed by atoms with Crippen molar-refractivity contribution in [3.63, 3.8) is 0 Å². The highest BCUT2D eigenvalue weighted by Crippen LogP contribution is 2.44. The molecule has 4 nitrogen and oxygen atoms in total. The second-order valence-electron chi connectivity index (χ2n) is 6.05. The van der Waals surface area contributed by atoms with Crippen LogP contribution in [0.3, 0.4) is 0 Å². The van der Waals surface area contributed by atoms with Gasteiger partial charge in [-0.1, -0.05) is 48.5 Å². The lowest BCUT2D eigenvalue weighted by molar-refractivity contribution is -0.275. The van der Waals surface area contributed by atoms with Crippen molar-refractivity contribution in [1.82, 2.24) is 0 Å². The van der Waals surface area contributed by atoms with Crippen LogP contribution in [0.25, 0.3) is 22.3 Å². The van der Waals surface area contributed by atoms with Crippen LogP contribution >= 0.6 is 0 Å². The van der Waals surface area contributed by atoms with E-state index >= 15 is 0 Å². The first kappa shape index (κ1) is 19.8. The Hall–Kier alpha value is -3.00. The van der Waals surface area contributed by atoms with Crippen molar-refractivity contribution in [1.29, 1.82) is 0 Å². The van der Waals surface area contributed by atoms with E-state index in [2.05, 4.69) is 4.74 Å². The van der Waals surface area contributed by atoms with Gasteiger partial charge in [-0.15, -0.1) is 13.2 Å². The molecule has 0 aliphatic heterocycles. The highest BCUT2D eigenvalue weighted by Gasteiger charge is 2.35. The Balaban J connectivity index is 2.41. The van der Waals surface area contributed by atoms with Gasteiger partial charge in [0.2, 0.25) is 0 Å². The third-order valence-corrected chi connectivity index (χ3v) is 5.08. The number of halogens is 3. The number of hydrogen-bond donors (Lipinski definition) is 1. The minimum atomic E-state index is -5.12. The fourth-order valence-electron chi connectivity index (χ4n) is 2.80. The van der Waals surface area contributed by atoms with Gasteiger partial charge in [-0.05, 0) is 29.3 Å².